The van der Waals surface area contributed by atoms with E-state index in [-0.39, 0.29) is 0 Å². The van der Waals surface area contributed by atoms with Crippen LogP contribution in [0, 0.1) is 0 Å². The molecule has 0 saturated carbocycles. The van der Waals surface area contributed by atoms with Crippen LogP contribution in [0.15, 0.2) is 170 Å². The zero-order valence-corrected chi connectivity index (χ0v) is 27.2. The van der Waals surface area contributed by atoms with Gasteiger partial charge in [-0.3, -0.25) is 4.57 Å². The largest absolute Gasteiger partial charge is 0.309 e. The minimum absolute atomic E-state index is 0.497. The molecule has 3 heteroatoms. The number of hydrogen-bond acceptors (Lipinski definition) is 1. The average molecular weight is 628 g/mol. The highest BCUT2D eigenvalue weighted by molar-refractivity contribution is 6.12. The van der Waals surface area contributed by atoms with Crippen LogP contribution in [0.4, 0.5) is 0 Å². The first-order valence-electron chi connectivity index (χ1n) is 17.1. The van der Waals surface area contributed by atoms with Gasteiger partial charge in [-0.25, -0.2) is 4.98 Å². The van der Waals surface area contributed by atoms with Crippen LogP contribution in [0.25, 0.3) is 55.3 Å². The van der Waals surface area contributed by atoms with E-state index >= 15 is 0 Å². The fraction of sp³-hybridized carbons (Fsp3) is 0.0652. The lowest BCUT2D eigenvalue weighted by atomic mass is 9.63. The lowest BCUT2D eigenvalue weighted by molar-refractivity contribution is 0.728. The van der Waals surface area contributed by atoms with Crippen LogP contribution in [-0.4, -0.2) is 14.1 Å². The van der Waals surface area contributed by atoms with Crippen molar-refractivity contribution >= 4 is 32.8 Å². The molecule has 0 saturated heterocycles. The third-order valence-corrected chi connectivity index (χ3v) is 10.6. The molecule has 1 aliphatic rings. The molecule has 0 aliphatic carbocycles. The second-order valence-corrected chi connectivity index (χ2v) is 13.0. The number of hydrogen-bond donors (Lipinski definition) is 0. The molecule has 2 aromatic heterocycles. The number of para-hydroxylation sites is 5. The topological polar surface area (TPSA) is 22.8 Å². The summed E-state index contributed by atoms with van der Waals surface area (Å²) in [6.45, 7) is 2.17. The number of aromatic nitrogens is 3. The van der Waals surface area contributed by atoms with E-state index < -0.39 is 5.41 Å². The Hall–Kier alpha value is -6.19. The lowest BCUT2D eigenvalue weighted by Crippen LogP contribution is -2.35. The molecule has 232 valence electrons. The Bertz CT molecular complexity index is 2680. The first kappa shape index (κ1) is 27.9. The second kappa shape index (κ2) is 10.7. The van der Waals surface area contributed by atoms with Gasteiger partial charge in [0.1, 0.15) is 5.82 Å². The predicted octanol–water partition coefficient (Wildman–Crippen LogP) is 11.0. The van der Waals surface area contributed by atoms with Gasteiger partial charge >= 0.3 is 0 Å². The highest BCUT2D eigenvalue weighted by Crippen LogP contribution is 2.54. The molecule has 0 N–H and O–H groups in total. The Balaban J connectivity index is 1.16. The van der Waals surface area contributed by atoms with Gasteiger partial charge in [0, 0.05) is 22.9 Å². The Morgan fingerprint density at radius 1 is 0.490 bits per heavy atom. The maximum absolute atomic E-state index is 4.89. The van der Waals surface area contributed by atoms with Crippen molar-refractivity contribution < 1.29 is 0 Å². The number of benzene rings is 7. The molecule has 3 heterocycles. The summed E-state index contributed by atoms with van der Waals surface area (Å²) in [6.07, 6.45) is 0.874. The number of imidazole rings is 1. The summed E-state index contributed by atoms with van der Waals surface area (Å²) in [5, 5.41) is 2.57. The van der Waals surface area contributed by atoms with E-state index in [1.165, 1.54) is 60.9 Å². The summed E-state index contributed by atoms with van der Waals surface area (Å²) >= 11 is 0. The Morgan fingerprint density at radius 3 is 1.90 bits per heavy atom. The first-order valence-corrected chi connectivity index (χ1v) is 17.1. The van der Waals surface area contributed by atoms with Crippen molar-refractivity contribution in [1.29, 1.82) is 0 Å². The molecular weight excluding hydrogens is 595 g/mol. The molecule has 49 heavy (non-hydrogen) atoms. The smallest absolute Gasteiger partial charge is 0.114 e. The van der Waals surface area contributed by atoms with Gasteiger partial charge in [0.25, 0.3) is 0 Å². The van der Waals surface area contributed by atoms with E-state index in [1.54, 1.807) is 0 Å². The van der Waals surface area contributed by atoms with Crippen LogP contribution < -0.4 is 0 Å². The normalized spacial score (nSPS) is 15.2. The molecular formula is C46H33N3. The summed E-state index contributed by atoms with van der Waals surface area (Å²) in [5.74, 6) is 1.08. The highest BCUT2D eigenvalue weighted by atomic mass is 15.1. The third kappa shape index (κ3) is 3.87. The van der Waals surface area contributed by atoms with Gasteiger partial charge < -0.3 is 4.57 Å². The van der Waals surface area contributed by atoms with Crippen LogP contribution in [0.3, 0.4) is 0 Å². The second-order valence-electron chi connectivity index (χ2n) is 13.0. The molecule has 1 unspecified atom stereocenters. The number of fused-ring (bicyclic) bond motifs is 6. The predicted molar refractivity (Wildman–Crippen MR) is 202 cm³/mol. The number of rotatable bonds is 5. The van der Waals surface area contributed by atoms with Gasteiger partial charge in [0.15, 0.2) is 0 Å². The molecule has 0 radical (unpaired) electrons. The fourth-order valence-electron chi connectivity index (χ4n) is 8.50. The zero-order valence-electron chi connectivity index (χ0n) is 27.2. The van der Waals surface area contributed by atoms with Crippen LogP contribution >= 0.6 is 0 Å². The molecule has 1 atom stereocenters. The zero-order chi connectivity index (χ0) is 32.5. The maximum atomic E-state index is 4.89. The van der Waals surface area contributed by atoms with Crippen molar-refractivity contribution in [3.8, 4) is 22.5 Å². The Morgan fingerprint density at radius 2 is 1.10 bits per heavy atom. The van der Waals surface area contributed by atoms with Crippen LogP contribution in [0.5, 0.6) is 0 Å². The van der Waals surface area contributed by atoms with Crippen LogP contribution in [0.1, 0.15) is 35.0 Å². The number of aryl methyl sites for hydroxylation is 1. The Kier molecular flexibility index (Phi) is 6.07. The quantitative estimate of drug-likeness (QED) is 0.186. The van der Waals surface area contributed by atoms with Gasteiger partial charge in [0.2, 0.25) is 0 Å². The minimum Gasteiger partial charge on any atom is -0.309 e. The Labute approximate surface area is 285 Å². The summed E-state index contributed by atoms with van der Waals surface area (Å²) in [5.41, 5.74) is 14.1. The molecule has 1 aliphatic heterocycles. The molecule has 0 fully saturated rings. The minimum atomic E-state index is -0.497. The van der Waals surface area contributed by atoms with Gasteiger partial charge in [0.05, 0.1) is 33.2 Å². The van der Waals surface area contributed by atoms with Crippen molar-refractivity contribution in [2.75, 3.05) is 0 Å². The van der Waals surface area contributed by atoms with E-state index in [9.17, 15) is 0 Å². The molecule has 9 aromatic rings. The van der Waals surface area contributed by atoms with Crippen molar-refractivity contribution in [1.82, 2.24) is 14.1 Å². The van der Waals surface area contributed by atoms with Crippen molar-refractivity contribution in [3.05, 3.63) is 198 Å². The monoisotopic (exact) mass is 627 g/mol. The van der Waals surface area contributed by atoms with Crippen molar-refractivity contribution in [2.45, 2.75) is 18.8 Å². The van der Waals surface area contributed by atoms with E-state index in [2.05, 4.69) is 186 Å². The van der Waals surface area contributed by atoms with E-state index in [4.69, 9.17) is 4.98 Å². The van der Waals surface area contributed by atoms with Gasteiger partial charge in [-0.15, -0.1) is 0 Å². The molecule has 0 bridgehead atoms. The molecule has 3 nitrogen and oxygen atoms in total. The molecule has 0 amide bonds. The maximum Gasteiger partial charge on any atom is 0.114 e. The first-order chi connectivity index (χ1) is 24.3. The highest BCUT2D eigenvalue weighted by Gasteiger charge is 2.45. The summed E-state index contributed by atoms with van der Waals surface area (Å²) in [7, 11) is 0. The third-order valence-electron chi connectivity index (χ3n) is 10.6. The molecule has 0 spiro atoms. The van der Waals surface area contributed by atoms with Crippen molar-refractivity contribution in [3.63, 3.8) is 0 Å². The van der Waals surface area contributed by atoms with Gasteiger partial charge in [-0.05, 0) is 69.8 Å². The van der Waals surface area contributed by atoms with E-state index in [0.717, 1.165) is 29.0 Å². The number of nitrogens with zero attached hydrogens (tertiary/aromatic N) is 3. The van der Waals surface area contributed by atoms with Crippen LogP contribution in [0.2, 0.25) is 0 Å². The lowest BCUT2D eigenvalue weighted by Gasteiger charge is -2.41. The van der Waals surface area contributed by atoms with E-state index in [1.807, 2.05) is 0 Å². The van der Waals surface area contributed by atoms with Gasteiger partial charge in [-0.1, -0.05) is 140 Å². The molecule has 10 rings (SSSR count). The fourth-order valence-corrected chi connectivity index (χ4v) is 8.50. The SMILES string of the molecule is CCc1nc2ccccc2n1-c1ccc(-c2ccc(C3(c4ccccc4)c4ccccc4-n4c5ccccc5c5cccc3c54)cc2)cc1. The summed E-state index contributed by atoms with van der Waals surface area (Å²) in [6, 6.07) is 62.3. The standard InChI is InChI=1S/C46H33N3/c1-2-44-47-40-19-8-11-22-43(40)48(44)35-29-25-32(26-30-35)31-23-27-34(28-24-31)46(33-13-4-3-5-14-33)38-17-7-10-21-42(38)49-41-20-9-6-15-36(41)37-16-12-18-39(46)45(37)49/h3-30H,2H2,1H3. The summed E-state index contributed by atoms with van der Waals surface area (Å²) in [4.78, 5) is 4.89. The van der Waals surface area contributed by atoms with Gasteiger partial charge in [-0.2, -0.15) is 0 Å². The molecule has 7 aromatic carbocycles. The van der Waals surface area contributed by atoms with Crippen LogP contribution in [-0.2, 0) is 11.8 Å². The summed E-state index contributed by atoms with van der Waals surface area (Å²) < 4.78 is 4.77. The average Bonchev–Trinajstić information content (AvgIpc) is 3.73. The van der Waals surface area contributed by atoms with Crippen molar-refractivity contribution in [2.24, 2.45) is 0 Å². The van der Waals surface area contributed by atoms with E-state index in [0.29, 0.717) is 0 Å².